The van der Waals surface area contributed by atoms with Gasteiger partial charge in [0.2, 0.25) is 0 Å². The predicted octanol–water partition coefficient (Wildman–Crippen LogP) is 3.91. The Kier molecular flexibility index (Phi) is 4.68. The maximum absolute atomic E-state index is 13.4. The van der Waals surface area contributed by atoms with Gasteiger partial charge in [0.05, 0.1) is 0 Å². The first kappa shape index (κ1) is 14.7. The number of halogens is 2. The number of benzene rings is 2. The minimum Gasteiger partial charge on any atom is -0.313 e. The van der Waals surface area contributed by atoms with Gasteiger partial charge in [0.1, 0.15) is 5.82 Å². The van der Waals surface area contributed by atoms with Crippen molar-refractivity contribution in [1.29, 1.82) is 0 Å². The smallest absolute Gasteiger partial charge is 0.123 e. The van der Waals surface area contributed by atoms with Crippen LogP contribution in [0.25, 0.3) is 0 Å². The van der Waals surface area contributed by atoms with Crippen molar-refractivity contribution in [2.24, 2.45) is 0 Å². The van der Waals surface area contributed by atoms with Crippen molar-refractivity contribution in [3.8, 4) is 0 Å². The topological polar surface area (TPSA) is 24.1 Å². The molecule has 1 atom stereocenters. The van der Waals surface area contributed by atoms with Crippen LogP contribution in [0.1, 0.15) is 29.2 Å². The summed E-state index contributed by atoms with van der Waals surface area (Å²) in [6.07, 6.45) is 1.03. The molecule has 0 fully saturated rings. The van der Waals surface area contributed by atoms with Crippen LogP contribution >= 0.6 is 15.9 Å². The maximum Gasteiger partial charge on any atom is 0.123 e. The van der Waals surface area contributed by atoms with Gasteiger partial charge in [-0.15, -0.1) is 0 Å². The van der Waals surface area contributed by atoms with Gasteiger partial charge in [-0.3, -0.25) is 0 Å². The Hall–Kier alpha value is -1.23. The molecule has 1 unspecified atom stereocenters. The second-order valence-electron chi connectivity index (χ2n) is 5.33. The van der Waals surface area contributed by atoms with Gasteiger partial charge >= 0.3 is 0 Å². The van der Waals surface area contributed by atoms with Crippen LogP contribution in [-0.2, 0) is 13.1 Å². The van der Waals surface area contributed by atoms with Crippen molar-refractivity contribution in [2.75, 3.05) is 6.54 Å². The zero-order chi connectivity index (χ0) is 14.7. The molecule has 0 aliphatic carbocycles. The Balaban J connectivity index is 1.77. The van der Waals surface area contributed by atoms with E-state index in [1.165, 1.54) is 17.2 Å². The zero-order valence-corrected chi connectivity index (χ0v) is 13.3. The van der Waals surface area contributed by atoms with Crippen LogP contribution in [0.15, 0.2) is 46.9 Å². The predicted molar refractivity (Wildman–Crippen MR) is 86.4 cm³/mol. The summed E-state index contributed by atoms with van der Waals surface area (Å²) in [6, 6.07) is 13.6. The monoisotopic (exact) mass is 348 g/mol. The minimum atomic E-state index is -0.196. The molecular weight excluding hydrogens is 331 g/mol. The van der Waals surface area contributed by atoms with E-state index in [1.54, 1.807) is 12.1 Å². The summed E-state index contributed by atoms with van der Waals surface area (Å²) in [4.78, 5) is 0. The molecular formula is C17H18BrFN2. The normalized spacial score (nSPS) is 18.1. The molecule has 0 saturated heterocycles. The molecule has 0 amide bonds. The van der Waals surface area contributed by atoms with Gasteiger partial charge < -0.3 is 10.6 Å². The first-order valence-electron chi connectivity index (χ1n) is 7.20. The highest BCUT2D eigenvalue weighted by molar-refractivity contribution is 9.10. The molecule has 21 heavy (non-hydrogen) atoms. The third kappa shape index (κ3) is 3.51. The van der Waals surface area contributed by atoms with Gasteiger partial charge in [0, 0.05) is 23.6 Å². The summed E-state index contributed by atoms with van der Waals surface area (Å²) in [5, 5.41) is 7.01. The molecule has 0 spiro atoms. The van der Waals surface area contributed by atoms with Gasteiger partial charge in [-0.05, 0) is 47.9 Å². The second kappa shape index (κ2) is 6.69. The summed E-state index contributed by atoms with van der Waals surface area (Å²) in [6.45, 7) is 2.55. The Bertz CT molecular complexity index is 630. The fraction of sp³-hybridized carbons (Fsp3) is 0.294. The van der Waals surface area contributed by atoms with E-state index in [9.17, 15) is 4.39 Å². The van der Waals surface area contributed by atoms with Crippen LogP contribution < -0.4 is 10.6 Å². The third-order valence-corrected chi connectivity index (χ3v) is 4.68. The highest BCUT2D eigenvalue weighted by Crippen LogP contribution is 2.25. The van der Waals surface area contributed by atoms with Crippen molar-refractivity contribution >= 4 is 15.9 Å². The molecule has 1 aliphatic rings. The van der Waals surface area contributed by atoms with Crippen LogP contribution in [-0.4, -0.2) is 6.54 Å². The lowest BCUT2D eigenvalue weighted by molar-refractivity contribution is 0.494. The van der Waals surface area contributed by atoms with Crippen molar-refractivity contribution in [3.05, 3.63) is 69.4 Å². The number of rotatable bonds is 3. The van der Waals surface area contributed by atoms with E-state index in [0.29, 0.717) is 12.6 Å². The van der Waals surface area contributed by atoms with Crippen molar-refractivity contribution in [3.63, 3.8) is 0 Å². The Morgan fingerprint density at radius 1 is 1.24 bits per heavy atom. The molecule has 0 aromatic heterocycles. The van der Waals surface area contributed by atoms with Crippen LogP contribution in [0.3, 0.4) is 0 Å². The Morgan fingerprint density at radius 3 is 3.00 bits per heavy atom. The van der Waals surface area contributed by atoms with E-state index in [1.807, 2.05) is 0 Å². The number of nitrogens with one attached hydrogen (secondary N) is 2. The minimum absolute atomic E-state index is 0.196. The second-order valence-corrected chi connectivity index (χ2v) is 6.19. The summed E-state index contributed by atoms with van der Waals surface area (Å²) in [5.74, 6) is -0.196. The van der Waals surface area contributed by atoms with E-state index in [2.05, 4.69) is 50.8 Å². The highest BCUT2D eigenvalue weighted by atomic mass is 79.9. The van der Waals surface area contributed by atoms with Crippen molar-refractivity contribution < 1.29 is 4.39 Å². The summed E-state index contributed by atoms with van der Waals surface area (Å²) in [5.41, 5.74) is 3.63. The molecule has 1 aliphatic heterocycles. The van der Waals surface area contributed by atoms with Gasteiger partial charge in [-0.2, -0.15) is 0 Å². The quantitative estimate of drug-likeness (QED) is 0.878. The Labute approximate surface area is 132 Å². The van der Waals surface area contributed by atoms with Crippen LogP contribution in [0.4, 0.5) is 4.39 Å². The molecule has 110 valence electrons. The van der Waals surface area contributed by atoms with Gasteiger partial charge in [-0.25, -0.2) is 4.39 Å². The van der Waals surface area contributed by atoms with Crippen LogP contribution in [0.2, 0.25) is 0 Å². The largest absolute Gasteiger partial charge is 0.313 e. The van der Waals surface area contributed by atoms with Gasteiger partial charge in [0.25, 0.3) is 0 Å². The average molecular weight is 349 g/mol. The van der Waals surface area contributed by atoms with Gasteiger partial charge in [-0.1, -0.05) is 40.2 Å². The molecule has 1 heterocycles. The third-order valence-electron chi connectivity index (χ3n) is 3.90. The van der Waals surface area contributed by atoms with Crippen molar-refractivity contribution in [1.82, 2.24) is 10.6 Å². The fourth-order valence-electron chi connectivity index (χ4n) is 2.78. The summed E-state index contributed by atoms with van der Waals surface area (Å²) >= 11 is 3.48. The first-order chi connectivity index (χ1) is 10.2. The van der Waals surface area contributed by atoms with E-state index in [0.717, 1.165) is 29.5 Å². The van der Waals surface area contributed by atoms with Crippen LogP contribution in [0.5, 0.6) is 0 Å². The van der Waals surface area contributed by atoms with E-state index in [-0.39, 0.29) is 5.82 Å². The maximum atomic E-state index is 13.4. The van der Waals surface area contributed by atoms with Crippen LogP contribution in [0, 0.1) is 5.82 Å². The van der Waals surface area contributed by atoms with Gasteiger partial charge in [0.15, 0.2) is 0 Å². The van der Waals surface area contributed by atoms with E-state index in [4.69, 9.17) is 0 Å². The number of hydrogen-bond donors (Lipinski definition) is 2. The lowest BCUT2D eigenvalue weighted by atomic mass is 9.99. The lowest BCUT2D eigenvalue weighted by Gasteiger charge is -2.19. The Morgan fingerprint density at radius 2 is 2.10 bits per heavy atom. The molecule has 2 aromatic carbocycles. The molecule has 2 aromatic rings. The molecule has 0 radical (unpaired) electrons. The van der Waals surface area contributed by atoms with Crippen molar-refractivity contribution in [2.45, 2.75) is 25.6 Å². The standard InChI is InChI=1S/C17H18BrFN2/c18-16-6-5-14(19)9-13(16)11-21-17-7-8-20-10-12-3-1-2-4-15(12)17/h1-6,9,17,20-21H,7-8,10-11H2. The molecule has 2 nitrogen and oxygen atoms in total. The summed E-state index contributed by atoms with van der Waals surface area (Å²) in [7, 11) is 0. The molecule has 4 heteroatoms. The number of hydrogen-bond acceptors (Lipinski definition) is 2. The highest BCUT2D eigenvalue weighted by Gasteiger charge is 2.17. The molecule has 0 bridgehead atoms. The fourth-order valence-corrected chi connectivity index (χ4v) is 3.17. The molecule has 0 saturated carbocycles. The lowest BCUT2D eigenvalue weighted by Crippen LogP contribution is -2.23. The average Bonchev–Trinajstić information content (AvgIpc) is 2.70. The zero-order valence-electron chi connectivity index (χ0n) is 11.7. The van der Waals surface area contributed by atoms with E-state index >= 15 is 0 Å². The number of fused-ring (bicyclic) bond motifs is 1. The SMILES string of the molecule is Fc1ccc(Br)c(CNC2CCNCc3ccccc32)c1. The molecule has 3 rings (SSSR count). The van der Waals surface area contributed by atoms with E-state index < -0.39 is 0 Å². The summed E-state index contributed by atoms with van der Waals surface area (Å²) < 4.78 is 14.3. The molecule has 2 N–H and O–H groups in total. The first-order valence-corrected chi connectivity index (χ1v) is 7.99.